The van der Waals surface area contributed by atoms with Crippen molar-refractivity contribution in [3.8, 4) is 11.5 Å². The van der Waals surface area contributed by atoms with Crippen molar-refractivity contribution in [2.24, 2.45) is 4.99 Å². The summed E-state index contributed by atoms with van der Waals surface area (Å²) in [7, 11) is 1.51. The highest BCUT2D eigenvalue weighted by Crippen LogP contribution is 2.32. The number of rotatable bonds is 8. The molecule has 1 aromatic carbocycles. The minimum atomic E-state index is -0.288. The molecular formula is C19H30N3O4+. The van der Waals surface area contributed by atoms with Gasteiger partial charge in [0.05, 0.1) is 32.8 Å². The molecule has 1 aliphatic heterocycles. The van der Waals surface area contributed by atoms with E-state index in [-0.39, 0.29) is 24.8 Å². The molecular weight excluding hydrogens is 334 g/mol. The number of carbonyl (C=O) groups is 1. The van der Waals surface area contributed by atoms with Gasteiger partial charge < -0.3 is 19.1 Å². The van der Waals surface area contributed by atoms with Crippen molar-refractivity contribution < 1.29 is 23.9 Å². The zero-order chi connectivity index (χ0) is 18.9. The van der Waals surface area contributed by atoms with Gasteiger partial charge in [-0.2, -0.15) is 0 Å². The van der Waals surface area contributed by atoms with Crippen molar-refractivity contribution in [3.63, 3.8) is 0 Å². The number of ether oxygens (including phenoxy) is 3. The highest BCUT2D eigenvalue weighted by Gasteiger charge is 2.17. The Morgan fingerprint density at radius 1 is 1.31 bits per heavy atom. The lowest BCUT2D eigenvalue weighted by molar-refractivity contribution is -0.896. The molecule has 1 aliphatic rings. The number of nitrogens with one attached hydrogen (secondary N) is 2. The molecule has 0 fully saturated rings. The SMILES string of the molecule is CC[NH+](CC)CCC[C@H](C)N=C(NC(=O)c1ccc2c(c1)OCO2)OC. The smallest absolute Gasteiger partial charge is 0.291 e. The molecule has 7 heteroatoms. The fourth-order valence-electron chi connectivity index (χ4n) is 2.86. The topological polar surface area (TPSA) is 73.6 Å². The number of hydrogen-bond donors (Lipinski definition) is 2. The molecule has 1 amide bonds. The Labute approximate surface area is 155 Å². The van der Waals surface area contributed by atoms with Crippen LogP contribution >= 0.6 is 0 Å². The van der Waals surface area contributed by atoms with Crippen LogP contribution in [0.15, 0.2) is 23.2 Å². The highest BCUT2D eigenvalue weighted by molar-refractivity contribution is 6.04. The van der Waals surface area contributed by atoms with Crippen LogP contribution in [0.1, 0.15) is 44.0 Å². The highest BCUT2D eigenvalue weighted by atomic mass is 16.7. The van der Waals surface area contributed by atoms with Gasteiger partial charge in [-0.25, -0.2) is 4.99 Å². The van der Waals surface area contributed by atoms with Gasteiger partial charge in [-0.3, -0.25) is 10.1 Å². The van der Waals surface area contributed by atoms with Crippen LogP contribution in [0.25, 0.3) is 0 Å². The van der Waals surface area contributed by atoms with Gasteiger partial charge in [0.2, 0.25) is 6.79 Å². The number of nitrogens with zero attached hydrogens (tertiary/aromatic N) is 1. The van der Waals surface area contributed by atoms with E-state index in [4.69, 9.17) is 14.2 Å². The van der Waals surface area contributed by atoms with Gasteiger partial charge in [-0.15, -0.1) is 0 Å². The maximum atomic E-state index is 12.4. The van der Waals surface area contributed by atoms with Crippen molar-refractivity contribution in [1.82, 2.24) is 5.32 Å². The van der Waals surface area contributed by atoms with Crippen LogP contribution in [-0.2, 0) is 4.74 Å². The molecule has 0 radical (unpaired) electrons. The van der Waals surface area contributed by atoms with Gasteiger partial charge in [0.15, 0.2) is 11.5 Å². The van der Waals surface area contributed by atoms with Crippen LogP contribution < -0.4 is 19.7 Å². The van der Waals surface area contributed by atoms with Crippen molar-refractivity contribution >= 4 is 11.9 Å². The van der Waals surface area contributed by atoms with E-state index in [2.05, 4.69) is 24.2 Å². The zero-order valence-corrected chi connectivity index (χ0v) is 16.1. The molecule has 144 valence electrons. The molecule has 0 saturated carbocycles. The first kappa shape index (κ1) is 20.0. The molecule has 26 heavy (non-hydrogen) atoms. The summed E-state index contributed by atoms with van der Waals surface area (Å²) in [6, 6.07) is 5.37. The summed E-state index contributed by atoms with van der Waals surface area (Å²) in [6.07, 6.45) is 2.05. The average molecular weight is 364 g/mol. The minimum Gasteiger partial charge on any atom is -0.468 e. The number of methoxy groups -OCH3 is 1. The number of carbonyl (C=O) groups excluding carboxylic acids is 1. The molecule has 0 saturated heterocycles. The monoisotopic (exact) mass is 364 g/mol. The van der Waals surface area contributed by atoms with E-state index in [1.807, 2.05) is 6.92 Å². The molecule has 1 heterocycles. The number of fused-ring (bicyclic) bond motifs is 1. The van der Waals surface area contributed by atoms with E-state index in [0.717, 1.165) is 32.5 Å². The third-order valence-electron chi connectivity index (χ3n) is 4.54. The molecule has 7 nitrogen and oxygen atoms in total. The predicted octanol–water partition coefficient (Wildman–Crippen LogP) is 1.24. The van der Waals surface area contributed by atoms with Crippen LogP contribution in [0.4, 0.5) is 0 Å². The Morgan fingerprint density at radius 2 is 2.04 bits per heavy atom. The second-order valence-electron chi connectivity index (χ2n) is 6.36. The van der Waals surface area contributed by atoms with Crippen molar-refractivity contribution in [3.05, 3.63) is 23.8 Å². The lowest BCUT2D eigenvalue weighted by Gasteiger charge is -2.16. The first-order chi connectivity index (χ1) is 12.6. The number of amides is 1. The average Bonchev–Trinajstić information content (AvgIpc) is 3.12. The summed E-state index contributed by atoms with van der Waals surface area (Å²) in [5, 5.41) is 2.71. The van der Waals surface area contributed by atoms with Crippen LogP contribution in [0.2, 0.25) is 0 Å². The van der Waals surface area contributed by atoms with Gasteiger partial charge in [-0.05, 0) is 51.8 Å². The molecule has 1 atom stereocenters. The first-order valence-electron chi connectivity index (χ1n) is 9.23. The largest absolute Gasteiger partial charge is 0.468 e. The summed E-state index contributed by atoms with van der Waals surface area (Å²) in [5.41, 5.74) is 0.469. The Hall–Kier alpha value is -2.28. The maximum Gasteiger partial charge on any atom is 0.291 e. The lowest BCUT2D eigenvalue weighted by Crippen LogP contribution is -3.11. The van der Waals surface area contributed by atoms with Crippen molar-refractivity contribution in [2.75, 3.05) is 33.5 Å². The normalized spacial score (nSPS) is 14.4. The van der Waals surface area contributed by atoms with Crippen LogP contribution in [0, 0.1) is 0 Å². The summed E-state index contributed by atoms with van der Waals surface area (Å²) < 4.78 is 15.8. The van der Waals surface area contributed by atoms with Gasteiger partial charge >= 0.3 is 0 Å². The number of quaternary nitrogens is 1. The molecule has 1 aromatic rings. The molecule has 0 bridgehead atoms. The van der Waals surface area contributed by atoms with E-state index in [1.165, 1.54) is 7.11 Å². The van der Waals surface area contributed by atoms with Gasteiger partial charge in [0.1, 0.15) is 0 Å². The van der Waals surface area contributed by atoms with Gasteiger partial charge in [0, 0.05) is 5.56 Å². The summed E-state index contributed by atoms with van der Waals surface area (Å²) in [4.78, 5) is 18.5. The number of aliphatic imine (C=N–C) groups is 1. The molecule has 0 spiro atoms. The minimum absolute atomic E-state index is 0.0805. The fraction of sp³-hybridized carbons (Fsp3) is 0.579. The second-order valence-corrected chi connectivity index (χ2v) is 6.36. The van der Waals surface area contributed by atoms with E-state index in [9.17, 15) is 4.79 Å². The third-order valence-corrected chi connectivity index (χ3v) is 4.54. The second kappa shape index (κ2) is 10.0. The van der Waals surface area contributed by atoms with Crippen LogP contribution in [0.5, 0.6) is 11.5 Å². The standard InChI is InChI=1S/C19H29N3O4/c1-5-22(6-2)11-7-8-14(3)20-19(24-4)21-18(23)15-9-10-16-17(12-15)26-13-25-16/h9-10,12,14H,5-8,11,13H2,1-4H3,(H,20,21,23)/p+1/t14-/m0/s1. The molecule has 0 aliphatic carbocycles. The molecule has 2 N–H and O–H groups in total. The molecule has 0 unspecified atom stereocenters. The third kappa shape index (κ3) is 5.62. The first-order valence-corrected chi connectivity index (χ1v) is 9.23. The number of amidine groups is 1. The van der Waals surface area contributed by atoms with E-state index in [0.29, 0.717) is 17.1 Å². The van der Waals surface area contributed by atoms with Crippen molar-refractivity contribution in [1.29, 1.82) is 0 Å². The van der Waals surface area contributed by atoms with Crippen LogP contribution in [-0.4, -0.2) is 51.5 Å². The predicted molar refractivity (Wildman–Crippen MR) is 100 cm³/mol. The summed E-state index contributed by atoms with van der Waals surface area (Å²) in [6.45, 7) is 10.0. The van der Waals surface area contributed by atoms with Crippen LogP contribution in [0.3, 0.4) is 0 Å². The van der Waals surface area contributed by atoms with Crippen molar-refractivity contribution in [2.45, 2.75) is 39.7 Å². The van der Waals surface area contributed by atoms with E-state index >= 15 is 0 Å². The number of hydrogen-bond acceptors (Lipinski definition) is 5. The Balaban J connectivity index is 1.88. The van der Waals surface area contributed by atoms with E-state index in [1.54, 1.807) is 23.1 Å². The van der Waals surface area contributed by atoms with E-state index < -0.39 is 0 Å². The van der Waals surface area contributed by atoms with Gasteiger partial charge in [-0.1, -0.05) is 0 Å². The molecule has 2 rings (SSSR count). The fourth-order valence-corrected chi connectivity index (χ4v) is 2.86. The Bertz CT molecular complexity index is 629. The molecule has 0 aromatic heterocycles. The summed E-state index contributed by atoms with van der Waals surface area (Å²) >= 11 is 0. The Kier molecular flexibility index (Phi) is 7.72. The lowest BCUT2D eigenvalue weighted by atomic mass is 10.2. The zero-order valence-electron chi connectivity index (χ0n) is 16.1. The maximum absolute atomic E-state index is 12.4. The summed E-state index contributed by atoms with van der Waals surface area (Å²) in [5.74, 6) is 0.927. The quantitative estimate of drug-likeness (QED) is 0.538. The number of benzene rings is 1. The Morgan fingerprint density at radius 3 is 2.73 bits per heavy atom. The van der Waals surface area contributed by atoms with Gasteiger partial charge in [0.25, 0.3) is 11.9 Å².